The first-order valence-corrected chi connectivity index (χ1v) is 3.52. The van der Waals surface area contributed by atoms with Crippen molar-refractivity contribution >= 4 is 5.97 Å². The molecule has 1 atom stereocenters. The molecule has 0 saturated carbocycles. The van der Waals surface area contributed by atoms with Gasteiger partial charge in [0, 0.05) is 6.61 Å². The van der Waals surface area contributed by atoms with Crippen molar-refractivity contribution in [2.24, 2.45) is 5.92 Å². The van der Waals surface area contributed by atoms with E-state index < -0.39 is 5.97 Å². The lowest BCUT2D eigenvalue weighted by atomic mass is 10.1. The molecule has 0 heterocycles. The molecule has 0 aliphatic heterocycles. The molecule has 0 radical (unpaired) electrons. The van der Waals surface area contributed by atoms with Crippen molar-refractivity contribution in [1.29, 1.82) is 0 Å². The van der Waals surface area contributed by atoms with Crippen LogP contribution in [0.2, 0.25) is 0 Å². The minimum Gasteiger partial charge on any atom is -0.481 e. The second kappa shape index (κ2) is 5.23. The largest absolute Gasteiger partial charge is 0.481 e. The smallest absolute Gasteiger partial charge is 0.306 e. The first-order valence-electron chi connectivity index (χ1n) is 3.52. The van der Waals surface area contributed by atoms with Gasteiger partial charge < -0.3 is 10.2 Å². The van der Waals surface area contributed by atoms with E-state index in [1.54, 1.807) is 6.92 Å². The lowest BCUT2D eigenvalue weighted by Gasteiger charge is -2.03. The lowest BCUT2D eigenvalue weighted by Crippen LogP contribution is -2.09. The number of aliphatic hydroxyl groups excluding tert-OH is 1. The molecule has 0 rings (SSSR count). The second-order valence-electron chi connectivity index (χ2n) is 2.46. The number of rotatable bonds is 5. The number of hydrogen-bond donors (Lipinski definition) is 2. The number of hydrogen-bond acceptors (Lipinski definition) is 2. The standard InChI is InChI=1S/C7H14O3/c1-6(7(9)10)4-2-3-5-8/h6,8H,2-5H2,1H3,(H,9,10)/t6-/m0/s1. The molecule has 0 aliphatic carbocycles. The van der Waals surface area contributed by atoms with Crippen LogP contribution in [0.5, 0.6) is 0 Å². The van der Waals surface area contributed by atoms with Crippen molar-refractivity contribution in [2.75, 3.05) is 6.61 Å². The summed E-state index contributed by atoms with van der Waals surface area (Å²) in [5.41, 5.74) is 0. The maximum Gasteiger partial charge on any atom is 0.306 e. The maximum absolute atomic E-state index is 10.2. The normalized spacial score (nSPS) is 13.0. The summed E-state index contributed by atoms with van der Waals surface area (Å²) < 4.78 is 0. The first-order chi connectivity index (χ1) is 4.68. The highest BCUT2D eigenvalue weighted by molar-refractivity contribution is 5.69. The van der Waals surface area contributed by atoms with Crippen LogP contribution < -0.4 is 0 Å². The van der Waals surface area contributed by atoms with Gasteiger partial charge in [-0.3, -0.25) is 4.79 Å². The third-order valence-corrected chi connectivity index (χ3v) is 1.47. The van der Waals surface area contributed by atoms with E-state index in [2.05, 4.69) is 0 Å². The van der Waals surface area contributed by atoms with Crippen LogP contribution in [0.1, 0.15) is 26.2 Å². The summed E-state index contributed by atoms with van der Waals surface area (Å²) in [4.78, 5) is 10.2. The van der Waals surface area contributed by atoms with Gasteiger partial charge in [0.25, 0.3) is 0 Å². The van der Waals surface area contributed by atoms with Crippen molar-refractivity contribution in [3.05, 3.63) is 0 Å². The highest BCUT2D eigenvalue weighted by atomic mass is 16.4. The molecule has 3 heteroatoms. The Morgan fingerprint density at radius 2 is 2.10 bits per heavy atom. The van der Waals surface area contributed by atoms with E-state index in [0.29, 0.717) is 12.8 Å². The summed E-state index contributed by atoms with van der Waals surface area (Å²) in [7, 11) is 0. The predicted octanol–water partition coefficient (Wildman–Crippen LogP) is 0.870. The Labute approximate surface area is 60.7 Å². The van der Waals surface area contributed by atoms with E-state index >= 15 is 0 Å². The van der Waals surface area contributed by atoms with Crippen molar-refractivity contribution in [3.63, 3.8) is 0 Å². The number of aliphatic hydroxyl groups is 1. The molecule has 0 aromatic rings. The van der Waals surface area contributed by atoms with Gasteiger partial charge in [-0.1, -0.05) is 13.3 Å². The Balaban J connectivity index is 3.21. The molecule has 0 aliphatic rings. The Morgan fingerprint density at radius 3 is 2.50 bits per heavy atom. The van der Waals surface area contributed by atoms with E-state index in [4.69, 9.17) is 10.2 Å². The molecule has 60 valence electrons. The molecule has 3 nitrogen and oxygen atoms in total. The maximum atomic E-state index is 10.2. The van der Waals surface area contributed by atoms with Crippen LogP contribution in [-0.2, 0) is 4.79 Å². The minimum absolute atomic E-state index is 0.159. The molecule has 0 spiro atoms. The molecule has 0 fully saturated rings. The van der Waals surface area contributed by atoms with E-state index in [0.717, 1.165) is 6.42 Å². The van der Waals surface area contributed by atoms with Gasteiger partial charge in [0.05, 0.1) is 5.92 Å². The van der Waals surface area contributed by atoms with Crippen LogP contribution in [0, 0.1) is 5.92 Å². The fourth-order valence-corrected chi connectivity index (χ4v) is 0.686. The third kappa shape index (κ3) is 4.32. The molecule has 0 bridgehead atoms. The zero-order valence-corrected chi connectivity index (χ0v) is 6.21. The van der Waals surface area contributed by atoms with Gasteiger partial charge in [0.1, 0.15) is 0 Å². The zero-order chi connectivity index (χ0) is 7.98. The van der Waals surface area contributed by atoms with Crippen molar-refractivity contribution in [1.82, 2.24) is 0 Å². The predicted molar refractivity (Wildman–Crippen MR) is 37.7 cm³/mol. The lowest BCUT2D eigenvalue weighted by molar-refractivity contribution is -0.141. The number of carboxylic acid groups (broad SMARTS) is 1. The third-order valence-electron chi connectivity index (χ3n) is 1.47. The second-order valence-corrected chi connectivity index (χ2v) is 2.46. The van der Waals surface area contributed by atoms with Crippen molar-refractivity contribution in [3.8, 4) is 0 Å². The van der Waals surface area contributed by atoms with Gasteiger partial charge in [0.15, 0.2) is 0 Å². The first kappa shape index (κ1) is 9.43. The summed E-state index contributed by atoms with van der Waals surface area (Å²) >= 11 is 0. The van der Waals surface area contributed by atoms with Crippen molar-refractivity contribution < 1.29 is 15.0 Å². The Bertz CT molecular complexity index is 101. The van der Waals surface area contributed by atoms with Gasteiger partial charge in [-0.2, -0.15) is 0 Å². The van der Waals surface area contributed by atoms with Crippen LogP contribution in [0.25, 0.3) is 0 Å². The number of carboxylic acids is 1. The van der Waals surface area contributed by atoms with Crippen LogP contribution in [-0.4, -0.2) is 22.8 Å². The summed E-state index contributed by atoms with van der Waals surface area (Å²) in [5.74, 6) is -1.02. The van der Waals surface area contributed by atoms with Crippen LogP contribution in [0.4, 0.5) is 0 Å². The van der Waals surface area contributed by atoms with E-state index in [-0.39, 0.29) is 12.5 Å². The molecule has 0 saturated heterocycles. The monoisotopic (exact) mass is 146 g/mol. The quantitative estimate of drug-likeness (QED) is 0.566. The molecule has 0 aromatic heterocycles. The van der Waals surface area contributed by atoms with Crippen LogP contribution in [0.3, 0.4) is 0 Å². The number of carbonyl (C=O) groups is 1. The van der Waals surface area contributed by atoms with Gasteiger partial charge in [-0.05, 0) is 12.8 Å². The van der Waals surface area contributed by atoms with E-state index in [1.807, 2.05) is 0 Å². The fraction of sp³-hybridized carbons (Fsp3) is 0.857. The average molecular weight is 146 g/mol. The fourth-order valence-electron chi connectivity index (χ4n) is 0.686. The highest BCUT2D eigenvalue weighted by Crippen LogP contribution is 2.06. The molecule has 2 N–H and O–H groups in total. The van der Waals surface area contributed by atoms with Gasteiger partial charge in [0.2, 0.25) is 0 Å². The summed E-state index contributed by atoms with van der Waals surface area (Å²) in [6.45, 7) is 1.84. The van der Waals surface area contributed by atoms with Crippen LogP contribution in [0.15, 0.2) is 0 Å². The van der Waals surface area contributed by atoms with Gasteiger partial charge in [-0.25, -0.2) is 0 Å². The molecule has 0 amide bonds. The Morgan fingerprint density at radius 1 is 1.50 bits per heavy atom. The number of unbranched alkanes of at least 4 members (excludes halogenated alkanes) is 1. The van der Waals surface area contributed by atoms with Gasteiger partial charge in [-0.15, -0.1) is 0 Å². The van der Waals surface area contributed by atoms with Crippen molar-refractivity contribution in [2.45, 2.75) is 26.2 Å². The SMILES string of the molecule is C[C@@H](CCCCO)C(=O)O. The Hall–Kier alpha value is -0.570. The molecule has 0 aromatic carbocycles. The summed E-state index contributed by atoms with van der Waals surface area (Å²) in [6, 6.07) is 0. The summed E-state index contributed by atoms with van der Waals surface area (Å²) in [6.07, 6.45) is 2.16. The highest BCUT2D eigenvalue weighted by Gasteiger charge is 2.08. The van der Waals surface area contributed by atoms with E-state index in [9.17, 15) is 4.79 Å². The van der Waals surface area contributed by atoms with E-state index in [1.165, 1.54) is 0 Å². The number of aliphatic carboxylic acids is 1. The molecule has 10 heavy (non-hydrogen) atoms. The average Bonchev–Trinajstić information content (AvgIpc) is 1.88. The van der Waals surface area contributed by atoms with Gasteiger partial charge >= 0.3 is 5.97 Å². The Kier molecular flexibility index (Phi) is 4.94. The zero-order valence-electron chi connectivity index (χ0n) is 6.21. The topological polar surface area (TPSA) is 57.5 Å². The molecule has 0 unspecified atom stereocenters. The molecular formula is C7H14O3. The summed E-state index contributed by atoms with van der Waals surface area (Å²) in [5, 5.41) is 16.8. The minimum atomic E-state index is -0.752. The molecular weight excluding hydrogens is 132 g/mol. The van der Waals surface area contributed by atoms with Crippen LogP contribution >= 0.6 is 0 Å².